The van der Waals surface area contributed by atoms with Gasteiger partial charge in [-0.3, -0.25) is 4.79 Å². The normalized spacial score (nSPS) is 14.4. The summed E-state index contributed by atoms with van der Waals surface area (Å²) in [6, 6.07) is 8.84. The minimum Gasteiger partial charge on any atom is -0.391 e. The number of carbonyl (C=O) groups is 1. The molecule has 3 heteroatoms. The van der Waals surface area contributed by atoms with Crippen LogP contribution in [0.3, 0.4) is 0 Å². The molecule has 1 N–H and O–H groups in total. The van der Waals surface area contributed by atoms with Crippen LogP contribution in [-0.2, 0) is 0 Å². The molecule has 0 amide bonds. The molecule has 1 aromatic rings. The Balaban J connectivity index is 2.60. The van der Waals surface area contributed by atoms with E-state index in [1.807, 2.05) is 13.0 Å². The standard InChI is InChI=1S/C13H17ClO2/c1-2-3-9-11(15)12(14)13(16)10-7-5-4-6-8-10/h4-8,11-12,15H,2-3,9H2,1H3. The van der Waals surface area contributed by atoms with Crippen molar-refractivity contribution in [2.24, 2.45) is 0 Å². The molecule has 0 aliphatic carbocycles. The van der Waals surface area contributed by atoms with Crippen molar-refractivity contribution >= 4 is 17.4 Å². The minimum absolute atomic E-state index is 0.203. The lowest BCUT2D eigenvalue weighted by Crippen LogP contribution is -2.29. The van der Waals surface area contributed by atoms with Gasteiger partial charge < -0.3 is 5.11 Å². The van der Waals surface area contributed by atoms with Crippen LogP contribution in [-0.4, -0.2) is 22.4 Å². The SMILES string of the molecule is CCCCC(O)C(Cl)C(=O)c1ccccc1. The topological polar surface area (TPSA) is 37.3 Å². The number of unbranched alkanes of at least 4 members (excludes halogenated alkanes) is 1. The van der Waals surface area contributed by atoms with Crippen LogP contribution >= 0.6 is 11.6 Å². The highest BCUT2D eigenvalue weighted by molar-refractivity contribution is 6.34. The van der Waals surface area contributed by atoms with Gasteiger partial charge in [-0.25, -0.2) is 0 Å². The lowest BCUT2D eigenvalue weighted by molar-refractivity contribution is 0.0876. The second kappa shape index (κ2) is 6.66. The van der Waals surface area contributed by atoms with E-state index in [4.69, 9.17) is 11.6 Å². The van der Waals surface area contributed by atoms with Crippen LogP contribution in [0.5, 0.6) is 0 Å². The van der Waals surface area contributed by atoms with Gasteiger partial charge in [-0.15, -0.1) is 11.6 Å². The number of halogens is 1. The summed E-state index contributed by atoms with van der Waals surface area (Å²) >= 11 is 5.95. The van der Waals surface area contributed by atoms with E-state index in [2.05, 4.69) is 0 Å². The first-order valence-corrected chi connectivity index (χ1v) is 6.02. The molecular formula is C13H17ClO2. The maximum absolute atomic E-state index is 11.9. The van der Waals surface area contributed by atoms with Crippen molar-refractivity contribution in [3.63, 3.8) is 0 Å². The van der Waals surface area contributed by atoms with Gasteiger partial charge in [0.2, 0.25) is 0 Å². The quantitative estimate of drug-likeness (QED) is 0.613. The van der Waals surface area contributed by atoms with E-state index in [1.165, 1.54) is 0 Å². The smallest absolute Gasteiger partial charge is 0.183 e. The zero-order chi connectivity index (χ0) is 12.0. The highest BCUT2D eigenvalue weighted by Crippen LogP contribution is 2.15. The number of carbonyl (C=O) groups excluding carboxylic acids is 1. The number of ketones is 1. The second-order valence-corrected chi connectivity index (χ2v) is 4.31. The van der Waals surface area contributed by atoms with E-state index in [1.54, 1.807) is 24.3 Å². The third-order valence-electron chi connectivity index (χ3n) is 2.50. The lowest BCUT2D eigenvalue weighted by atomic mass is 10.0. The van der Waals surface area contributed by atoms with Crippen molar-refractivity contribution in [1.82, 2.24) is 0 Å². The van der Waals surface area contributed by atoms with Gasteiger partial charge in [0.05, 0.1) is 6.10 Å². The van der Waals surface area contributed by atoms with Crippen molar-refractivity contribution in [2.45, 2.75) is 37.7 Å². The molecule has 2 atom stereocenters. The lowest BCUT2D eigenvalue weighted by Gasteiger charge is -2.15. The summed E-state index contributed by atoms with van der Waals surface area (Å²) in [6.07, 6.45) is 1.69. The molecule has 0 saturated heterocycles. The average molecular weight is 241 g/mol. The Morgan fingerprint density at radius 1 is 1.38 bits per heavy atom. The highest BCUT2D eigenvalue weighted by atomic mass is 35.5. The van der Waals surface area contributed by atoms with Crippen LogP contribution in [0.2, 0.25) is 0 Å². The van der Waals surface area contributed by atoms with Gasteiger partial charge in [0, 0.05) is 5.56 Å². The summed E-state index contributed by atoms with van der Waals surface area (Å²) in [6.45, 7) is 2.04. The molecule has 1 rings (SSSR count). The fraction of sp³-hybridized carbons (Fsp3) is 0.462. The molecule has 0 spiro atoms. The van der Waals surface area contributed by atoms with E-state index < -0.39 is 11.5 Å². The van der Waals surface area contributed by atoms with Crippen LogP contribution in [0.4, 0.5) is 0 Å². The summed E-state index contributed by atoms with van der Waals surface area (Å²) < 4.78 is 0. The predicted octanol–water partition coefficient (Wildman–Crippen LogP) is 3.03. The Hall–Kier alpha value is -0.860. The van der Waals surface area contributed by atoms with E-state index >= 15 is 0 Å². The molecule has 0 aromatic heterocycles. The molecule has 0 fully saturated rings. The van der Waals surface area contributed by atoms with Crippen molar-refractivity contribution in [3.8, 4) is 0 Å². The monoisotopic (exact) mass is 240 g/mol. The average Bonchev–Trinajstić information content (AvgIpc) is 2.35. The predicted molar refractivity (Wildman–Crippen MR) is 65.9 cm³/mol. The van der Waals surface area contributed by atoms with Crippen LogP contribution in [0, 0.1) is 0 Å². The van der Waals surface area contributed by atoms with Crippen LogP contribution in [0.1, 0.15) is 36.5 Å². The Bertz CT molecular complexity index is 324. The maximum Gasteiger partial charge on any atom is 0.183 e. The van der Waals surface area contributed by atoms with Crippen molar-refractivity contribution in [1.29, 1.82) is 0 Å². The van der Waals surface area contributed by atoms with Gasteiger partial charge in [-0.1, -0.05) is 50.1 Å². The molecule has 16 heavy (non-hydrogen) atoms. The first-order chi connectivity index (χ1) is 7.66. The maximum atomic E-state index is 11.9. The van der Waals surface area contributed by atoms with Crippen LogP contribution < -0.4 is 0 Å². The first-order valence-electron chi connectivity index (χ1n) is 5.58. The molecule has 0 bridgehead atoms. The van der Waals surface area contributed by atoms with Gasteiger partial charge >= 0.3 is 0 Å². The van der Waals surface area contributed by atoms with E-state index in [-0.39, 0.29) is 5.78 Å². The molecule has 0 saturated carbocycles. The fourth-order valence-electron chi connectivity index (χ4n) is 1.50. The molecule has 2 unspecified atom stereocenters. The summed E-state index contributed by atoms with van der Waals surface area (Å²) in [7, 11) is 0. The molecule has 0 aliphatic rings. The number of hydrogen-bond acceptors (Lipinski definition) is 2. The summed E-state index contributed by atoms with van der Waals surface area (Å²) in [5.41, 5.74) is 0.554. The van der Waals surface area contributed by atoms with Gasteiger partial charge in [0.1, 0.15) is 5.38 Å². The van der Waals surface area contributed by atoms with Crippen LogP contribution in [0.15, 0.2) is 30.3 Å². The van der Waals surface area contributed by atoms with Gasteiger partial charge in [0.25, 0.3) is 0 Å². The zero-order valence-electron chi connectivity index (χ0n) is 9.40. The Morgan fingerprint density at radius 3 is 2.56 bits per heavy atom. The second-order valence-electron chi connectivity index (χ2n) is 3.84. The molecule has 0 heterocycles. The molecule has 1 aromatic carbocycles. The van der Waals surface area contributed by atoms with Crippen LogP contribution in [0.25, 0.3) is 0 Å². The Kier molecular flexibility index (Phi) is 5.50. The number of Topliss-reactive ketones (excluding diaryl/α,β-unsaturated/α-hetero) is 1. The number of aliphatic hydroxyl groups excluding tert-OH is 1. The molecule has 2 nitrogen and oxygen atoms in total. The van der Waals surface area contributed by atoms with E-state index in [0.717, 1.165) is 12.8 Å². The van der Waals surface area contributed by atoms with Gasteiger partial charge in [0.15, 0.2) is 5.78 Å². The van der Waals surface area contributed by atoms with Crippen molar-refractivity contribution < 1.29 is 9.90 Å². The minimum atomic E-state index is -0.839. The Labute approximate surface area is 101 Å². The molecular weight excluding hydrogens is 224 g/mol. The Morgan fingerprint density at radius 2 is 2.00 bits per heavy atom. The summed E-state index contributed by atoms with van der Waals surface area (Å²) in [4.78, 5) is 11.9. The zero-order valence-corrected chi connectivity index (χ0v) is 10.2. The highest BCUT2D eigenvalue weighted by Gasteiger charge is 2.24. The molecule has 88 valence electrons. The number of aliphatic hydroxyl groups is 1. The third-order valence-corrected chi connectivity index (χ3v) is 2.99. The summed E-state index contributed by atoms with van der Waals surface area (Å²) in [5.74, 6) is -0.203. The van der Waals surface area contributed by atoms with Crippen molar-refractivity contribution in [3.05, 3.63) is 35.9 Å². The van der Waals surface area contributed by atoms with E-state index in [0.29, 0.717) is 12.0 Å². The largest absolute Gasteiger partial charge is 0.391 e. The van der Waals surface area contributed by atoms with E-state index in [9.17, 15) is 9.90 Å². The number of rotatable bonds is 6. The van der Waals surface area contributed by atoms with Gasteiger partial charge in [-0.05, 0) is 6.42 Å². The third kappa shape index (κ3) is 3.62. The first kappa shape index (κ1) is 13.2. The fourth-order valence-corrected chi connectivity index (χ4v) is 1.75. The number of alkyl halides is 1. The van der Waals surface area contributed by atoms with Gasteiger partial charge in [-0.2, -0.15) is 0 Å². The van der Waals surface area contributed by atoms with Crippen molar-refractivity contribution in [2.75, 3.05) is 0 Å². The number of benzene rings is 1. The number of hydrogen-bond donors (Lipinski definition) is 1. The summed E-state index contributed by atoms with van der Waals surface area (Å²) in [5, 5.41) is 8.89. The molecule has 0 radical (unpaired) electrons. The molecule has 0 aliphatic heterocycles.